The molecule has 0 fully saturated rings. The highest BCUT2D eigenvalue weighted by Crippen LogP contribution is 2.28. The number of hydrogen-bond donors (Lipinski definition) is 1. The van der Waals surface area contributed by atoms with Crippen molar-refractivity contribution in [3.8, 4) is 0 Å². The first-order valence-electron chi connectivity index (χ1n) is 6.82. The first kappa shape index (κ1) is 15.5. The maximum absolute atomic E-state index is 12.7. The van der Waals surface area contributed by atoms with Crippen molar-refractivity contribution in [2.24, 2.45) is 0 Å². The Morgan fingerprint density at radius 2 is 2.13 bits per heavy atom. The van der Waals surface area contributed by atoms with Crippen LogP contribution in [0.15, 0.2) is 52.2 Å². The van der Waals surface area contributed by atoms with Crippen LogP contribution in [0.2, 0.25) is 0 Å². The number of halogens is 2. The van der Waals surface area contributed by atoms with E-state index in [0.29, 0.717) is 28.6 Å². The third-order valence-electron chi connectivity index (χ3n) is 3.16. The fraction of sp³-hybridized carbons (Fsp3) is 0.200. The molecule has 0 saturated carbocycles. The Morgan fingerprint density at radius 3 is 2.87 bits per heavy atom. The van der Waals surface area contributed by atoms with Gasteiger partial charge in [-0.15, -0.1) is 0 Å². The average Bonchev–Trinajstić information content (AvgIpc) is 3.14. The highest BCUT2D eigenvalue weighted by atomic mass is 32.2. The number of fused-ring (bicyclic) bond motifs is 1. The lowest BCUT2D eigenvalue weighted by Gasteiger charge is -2.08. The van der Waals surface area contributed by atoms with Gasteiger partial charge >= 0.3 is 0 Å². The van der Waals surface area contributed by atoms with Gasteiger partial charge < -0.3 is 14.3 Å². The Bertz CT molecular complexity index is 802. The van der Waals surface area contributed by atoms with Crippen molar-refractivity contribution in [3.05, 3.63) is 48.4 Å². The van der Waals surface area contributed by atoms with Gasteiger partial charge in [-0.2, -0.15) is 8.78 Å². The summed E-state index contributed by atoms with van der Waals surface area (Å²) in [6, 6.07) is 10.5. The lowest BCUT2D eigenvalue weighted by Crippen LogP contribution is -2.27. The zero-order chi connectivity index (χ0) is 16.2. The molecule has 2 aromatic heterocycles. The van der Waals surface area contributed by atoms with Gasteiger partial charge in [-0.25, -0.2) is 4.98 Å². The molecule has 0 aliphatic carbocycles. The molecule has 5 nitrogen and oxygen atoms in total. The molecule has 0 spiro atoms. The quantitative estimate of drug-likeness (QED) is 0.702. The molecule has 0 bridgehead atoms. The van der Waals surface area contributed by atoms with Crippen molar-refractivity contribution in [3.63, 3.8) is 0 Å². The minimum Gasteiger partial charge on any atom is -0.467 e. The first-order chi connectivity index (χ1) is 11.1. The summed E-state index contributed by atoms with van der Waals surface area (Å²) in [6.45, 7) is 0.159. The number of rotatable bonds is 6. The lowest BCUT2D eigenvalue weighted by molar-refractivity contribution is -0.122. The number of nitrogens with zero attached hydrogens (tertiary/aromatic N) is 2. The molecule has 3 aromatic rings. The molecule has 1 amide bonds. The molecule has 0 aliphatic rings. The Hall–Kier alpha value is -2.35. The van der Waals surface area contributed by atoms with Crippen LogP contribution < -0.4 is 5.32 Å². The van der Waals surface area contributed by atoms with Gasteiger partial charge in [0.2, 0.25) is 5.91 Å². The maximum Gasteiger partial charge on any atom is 0.291 e. The van der Waals surface area contributed by atoms with Crippen LogP contribution >= 0.6 is 11.8 Å². The van der Waals surface area contributed by atoms with E-state index in [9.17, 15) is 13.6 Å². The van der Waals surface area contributed by atoms with E-state index in [0.717, 1.165) is 0 Å². The second kappa shape index (κ2) is 6.82. The van der Waals surface area contributed by atoms with Gasteiger partial charge in [0.15, 0.2) is 5.16 Å². The van der Waals surface area contributed by atoms with Crippen LogP contribution in [0.3, 0.4) is 0 Å². The largest absolute Gasteiger partial charge is 0.467 e. The predicted molar refractivity (Wildman–Crippen MR) is 82.1 cm³/mol. The summed E-state index contributed by atoms with van der Waals surface area (Å²) < 4.78 is 32.0. The maximum atomic E-state index is 12.7. The number of carbonyl (C=O) groups is 1. The van der Waals surface area contributed by atoms with Crippen LogP contribution in [0.5, 0.6) is 0 Å². The number of furan rings is 1. The molecular weight excluding hydrogens is 324 g/mol. The van der Waals surface area contributed by atoms with Crippen LogP contribution in [-0.2, 0) is 17.9 Å². The van der Waals surface area contributed by atoms with E-state index < -0.39 is 5.76 Å². The number of hydrogen-bond acceptors (Lipinski definition) is 4. The normalized spacial score (nSPS) is 11.3. The molecular formula is C15H13F2N3O2S. The van der Waals surface area contributed by atoms with Gasteiger partial charge in [-0.1, -0.05) is 12.1 Å². The zero-order valence-corrected chi connectivity index (χ0v) is 12.7. The summed E-state index contributed by atoms with van der Waals surface area (Å²) in [4.78, 5) is 16.3. The van der Waals surface area contributed by atoms with Crippen molar-refractivity contribution in [2.75, 3.05) is 0 Å². The minimum absolute atomic E-state index is 0.0870. The molecule has 1 aromatic carbocycles. The molecule has 2 heterocycles. The molecule has 0 aliphatic heterocycles. The van der Waals surface area contributed by atoms with E-state index in [1.165, 1.54) is 10.8 Å². The molecule has 0 saturated heterocycles. The van der Waals surface area contributed by atoms with E-state index in [-0.39, 0.29) is 24.2 Å². The average molecular weight is 337 g/mol. The number of para-hydroxylation sites is 2. The monoisotopic (exact) mass is 337 g/mol. The smallest absolute Gasteiger partial charge is 0.291 e. The van der Waals surface area contributed by atoms with Crippen LogP contribution in [0.1, 0.15) is 5.76 Å². The number of thioether (sulfide) groups is 1. The van der Waals surface area contributed by atoms with Gasteiger partial charge in [-0.3, -0.25) is 4.79 Å². The third kappa shape index (κ3) is 3.70. The van der Waals surface area contributed by atoms with Crippen LogP contribution in [0.25, 0.3) is 11.0 Å². The van der Waals surface area contributed by atoms with Gasteiger partial charge in [0.05, 0.1) is 23.8 Å². The summed E-state index contributed by atoms with van der Waals surface area (Å²) in [5, 5.41) is 2.81. The molecule has 23 heavy (non-hydrogen) atoms. The SMILES string of the molecule is O=C(Cn1c(SC(F)F)nc2ccccc21)NCc1ccco1. The summed E-state index contributed by atoms with van der Waals surface area (Å²) >= 11 is 0.329. The number of nitrogens with one attached hydrogen (secondary N) is 1. The second-order valence-electron chi connectivity index (χ2n) is 4.70. The molecule has 0 radical (unpaired) electrons. The summed E-state index contributed by atoms with van der Waals surface area (Å²) in [5.41, 5.74) is 1.22. The molecule has 3 rings (SSSR count). The van der Waals surface area contributed by atoms with Gasteiger partial charge in [-0.05, 0) is 36.0 Å². The van der Waals surface area contributed by atoms with Crippen LogP contribution in [0, 0.1) is 0 Å². The van der Waals surface area contributed by atoms with E-state index in [1.54, 1.807) is 36.4 Å². The van der Waals surface area contributed by atoms with Crippen LogP contribution in [0.4, 0.5) is 8.78 Å². The molecule has 120 valence electrons. The second-order valence-corrected chi connectivity index (χ2v) is 5.66. The summed E-state index contributed by atoms with van der Waals surface area (Å²) in [5.74, 6) is -2.28. The number of imidazole rings is 1. The molecule has 0 atom stereocenters. The Kier molecular flexibility index (Phi) is 4.61. The Morgan fingerprint density at radius 1 is 1.30 bits per heavy atom. The first-order valence-corrected chi connectivity index (χ1v) is 7.70. The van der Waals surface area contributed by atoms with Crippen LogP contribution in [-0.4, -0.2) is 21.2 Å². The number of alkyl halides is 2. The summed E-state index contributed by atoms with van der Waals surface area (Å²) in [7, 11) is 0. The predicted octanol–water partition coefficient (Wildman–Crippen LogP) is 3.26. The van der Waals surface area contributed by atoms with Crippen molar-refractivity contribution >= 4 is 28.7 Å². The van der Waals surface area contributed by atoms with E-state index >= 15 is 0 Å². The number of carbonyl (C=O) groups excluding carboxylic acids is 1. The topological polar surface area (TPSA) is 60.1 Å². The van der Waals surface area contributed by atoms with Crippen molar-refractivity contribution in [1.29, 1.82) is 0 Å². The number of amides is 1. The Balaban J connectivity index is 1.78. The minimum atomic E-state index is -2.60. The molecule has 1 N–H and O–H groups in total. The molecule has 8 heteroatoms. The standard InChI is InChI=1S/C15H13F2N3O2S/c16-14(17)23-15-19-11-5-1-2-6-12(11)20(15)9-13(21)18-8-10-4-3-7-22-10/h1-7,14H,8-9H2,(H,18,21). The molecule has 0 unspecified atom stereocenters. The Labute approximate surface area is 134 Å². The third-order valence-corrected chi connectivity index (χ3v) is 3.86. The highest BCUT2D eigenvalue weighted by molar-refractivity contribution is 7.99. The fourth-order valence-corrected chi connectivity index (χ4v) is 2.77. The van der Waals surface area contributed by atoms with Crippen molar-refractivity contribution in [1.82, 2.24) is 14.9 Å². The number of aromatic nitrogens is 2. The fourth-order valence-electron chi connectivity index (χ4n) is 2.17. The van der Waals surface area contributed by atoms with Gasteiger partial charge in [0.25, 0.3) is 5.76 Å². The zero-order valence-electron chi connectivity index (χ0n) is 11.9. The van der Waals surface area contributed by atoms with Gasteiger partial charge in [0.1, 0.15) is 12.3 Å². The lowest BCUT2D eigenvalue weighted by atomic mass is 10.3. The summed E-state index contributed by atoms with van der Waals surface area (Å²) in [6.07, 6.45) is 1.52. The van der Waals surface area contributed by atoms with E-state index in [1.807, 2.05) is 0 Å². The van der Waals surface area contributed by atoms with E-state index in [4.69, 9.17) is 4.42 Å². The highest BCUT2D eigenvalue weighted by Gasteiger charge is 2.17. The number of benzene rings is 1. The van der Waals surface area contributed by atoms with Gasteiger partial charge in [0, 0.05) is 0 Å². The van der Waals surface area contributed by atoms with Crippen molar-refractivity contribution in [2.45, 2.75) is 24.0 Å². The van der Waals surface area contributed by atoms with Crippen molar-refractivity contribution < 1.29 is 18.0 Å². The van der Waals surface area contributed by atoms with E-state index in [2.05, 4.69) is 10.3 Å².